The van der Waals surface area contributed by atoms with Crippen molar-refractivity contribution in [3.05, 3.63) is 24.5 Å². The Morgan fingerprint density at radius 3 is 2.54 bits per heavy atom. The smallest absolute Gasteiger partial charge is 0.246 e. The number of nitrogens with zero attached hydrogens (tertiary/aromatic N) is 4. The van der Waals surface area contributed by atoms with Gasteiger partial charge in [-0.05, 0) is 25.0 Å². The van der Waals surface area contributed by atoms with E-state index in [4.69, 9.17) is 15.2 Å². The number of hydrogen-bond acceptors (Lipinski definition) is 7. The number of anilines is 2. The fourth-order valence-corrected chi connectivity index (χ4v) is 4.21. The van der Waals surface area contributed by atoms with Crippen LogP contribution in [0.25, 0.3) is 10.9 Å². The molecule has 148 valence electrons. The zero-order chi connectivity index (χ0) is 20.0. The molecule has 3 heterocycles. The average Bonchev–Trinajstić information content (AvgIpc) is 2.96. The molecule has 0 radical (unpaired) electrons. The summed E-state index contributed by atoms with van der Waals surface area (Å²) in [6, 6.07) is 1.68. The van der Waals surface area contributed by atoms with E-state index in [2.05, 4.69) is 16.5 Å². The molecule has 2 aliphatic heterocycles. The van der Waals surface area contributed by atoms with Crippen molar-refractivity contribution in [2.45, 2.75) is 24.9 Å². The van der Waals surface area contributed by atoms with E-state index in [1.807, 2.05) is 9.80 Å². The summed E-state index contributed by atoms with van der Waals surface area (Å²) in [7, 11) is 2.79. The van der Waals surface area contributed by atoms with Crippen LogP contribution in [0.15, 0.2) is 18.7 Å². The van der Waals surface area contributed by atoms with Crippen LogP contribution in [-0.4, -0.2) is 60.2 Å². The Balaban J connectivity index is 1.74. The van der Waals surface area contributed by atoms with Crippen molar-refractivity contribution in [2.75, 3.05) is 37.9 Å². The van der Waals surface area contributed by atoms with Gasteiger partial charge in [0.05, 0.1) is 26.3 Å². The second kappa shape index (κ2) is 6.81. The van der Waals surface area contributed by atoms with Crippen LogP contribution < -0.4 is 20.1 Å². The van der Waals surface area contributed by atoms with Gasteiger partial charge in [0.2, 0.25) is 11.9 Å². The minimum Gasteiger partial charge on any atom is -0.493 e. The van der Waals surface area contributed by atoms with Crippen molar-refractivity contribution >= 4 is 28.6 Å². The van der Waals surface area contributed by atoms with Gasteiger partial charge in [-0.3, -0.25) is 4.79 Å². The van der Waals surface area contributed by atoms with Gasteiger partial charge in [0, 0.05) is 18.5 Å². The number of ether oxygens (including phenoxy) is 2. The van der Waals surface area contributed by atoms with Crippen molar-refractivity contribution in [3.63, 3.8) is 0 Å². The third-order valence-corrected chi connectivity index (χ3v) is 5.49. The fraction of sp³-hybridized carbons (Fsp3) is 0.421. The van der Waals surface area contributed by atoms with Gasteiger partial charge in [0.15, 0.2) is 17.3 Å². The minimum atomic E-state index is -0.643. The highest BCUT2D eigenvalue weighted by Gasteiger charge is 2.42. The summed E-state index contributed by atoms with van der Waals surface area (Å²) in [5.74, 6) is 0.00537. The first-order valence-electron chi connectivity index (χ1n) is 9.05. The van der Waals surface area contributed by atoms with Crippen LogP contribution in [0, 0.1) is 5.82 Å². The number of methoxy groups -OCH3 is 2. The molecule has 1 aromatic carbocycles. The molecule has 2 atom stereocenters. The number of aromatic nitrogens is 2. The molecule has 0 spiro atoms. The summed E-state index contributed by atoms with van der Waals surface area (Å²) < 4.78 is 25.3. The van der Waals surface area contributed by atoms with Crippen LogP contribution in [0.1, 0.15) is 12.8 Å². The third-order valence-electron chi connectivity index (χ3n) is 5.49. The Kier molecular flexibility index (Phi) is 4.44. The summed E-state index contributed by atoms with van der Waals surface area (Å²) in [5.41, 5.74) is 6.19. The van der Waals surface area contributed by atoms with Gasteiger partial charge in [0.1, 0.15) is 11.3 Å². The van der Waals surface area contributed by atoms with Gasteiger partial charge in [-0.2, -0.15) is 4.98 Å². The largest absolute Gasteiger partial charge is 0.493 e. The SMILES string of the molecule is C=CC(=O)N1C2CCC1CN(c1nc(N)c3cc(OC)c(OC)c(F)c3n1)C2. The van der Waals surface area contributed by atoms with Crippen LogP contribution in [0.3, 0.4) is 0 Å². The van der Waals surface area contributed by atoms with Gasteiger partial charge in [-0.1, -0.05) is 6.58 Å². The van der Waals surface area contributed by atoms with Crippen LogP contribution in [0.4, 0.5) is 16.2 Å². The second-order valence-corrected chi connectivity index (χ2v) is 6.97. The highest BCUT2D eigenvalue weighted by molar-refractivity contribution is 5.92. The lowest BCUT2D eigenvalue weighted by Gasteiger charge is -2.40. The number of halogens is 1. The highest BCUT2D eigenvalue weighted by atomic mass is 19.1. The number of fused-ring (bicyclic) bond motifs is 3. The molecular weight excluding hydrogens is 365 g/mol. The quantitative estimate of drug-likeness (QED) is 0.799. The Bertz CT molecular complexity index is 952. The number of piperazine rings is 1. The summed E-state index contributed by atoms with van der Waals surface area (Å²) in [5, 5.41) is 0.363. The second-order valence-electron chi connectivity index (χ2n) is 6.97. The summed E-state index contributed by atoms with van der Waals surface area (Å²) in [6.07, 6.45) is 3.16. The molecule has 28 heavy (non-hydrogen) atoms. The third kappa shape index (κ3) is 2.69. The first kappa shape index (κ1) is 18.3. The van der Waals surface area contributed by atoms with E-state index in [9.17, 15) is 9.18 Å². The number of nitrogen functional groups attached to an aromatic ring is 1. The Morgan fingerprint density at radius 2 is 1.96 bits per heavy atom. The molecule has 2 saturated heterocycles. The molecule has 1 amide bonds. The summed E-state index contributed by atoms with van der Waals surface area (Å²) in [4.78, 5) is 24.8. The van der Waals surface area contributed by atoms with Gasteiger partial charge in [-0.25, -0.2) is 9.37 Å². The number of carbonyl (C=O) groups excluding carboxylic acids is 1. The molecule has 2 unspecified atom stereocenters. The number of carbonyl (C=O) groups is 1. The maximum Gasteiger partial charge on any atom is 0.246 e. The molecule has 2 N–H and O–H groups in total. The van der Waals surface area contributed by atoms with E-state index in [-0.39, 0.29) is 40.8 Å². The van der Waals surface area contributed by atoms with E-state index >= 15 is 0 Å². The molecule has 0 saturated carbocycles. The van der Waals surface area contributed by atoms with Gasteiger partial charge >= 0.3 is 0 Å². The lowest BCUT2D eigenvalue weighted by molar-refractivity contribution is -0.129. The zero-order valence-electron chi connectivity index (χ0n) is 15.8. The number of amides is 1. The average molecular weight is 387 g/mol. The van der Waals surface area contributed by atoms with Crippen LogP contribution in [0.2, 0.25) is 0 Å². The fourth-order valence-electron chi connectivity index (χ4n) is 4.21. The van der Waals surface area contributed by atoms with Crippen molar-refractivity contribution < 1.29 is 18.7 Å². The maximum absolute atomic E-state index is 15.0. The zero-order valence-corrected chi connectivity index (χ0v) is 15.8. The summed E-state index contributed by atoms with van der Waals surface area (Å²) in [6.45, 7) is 4.72. The van der Waals surface area contributed by atoms with E-state index in [0.29, 0.717) is 24.4 Å². The number of benzene rings is 1. The van der Waals surface area contributed by atoms with E-state index < -0.39 is 5.82 Å². The van der Waals surface area contributed by atoms with Gasteiger partial charge in [-0.15, -0.1) is 0 Å². The van der Waals surface area contributed by atoms with Crippen molar-refractivity contribution in [1.82, 2.24) is 14.9 Å². The molecule has 9 heteroatoms. The predicted octanol–water partition coefficient (Wildman–Crippen LogP) is 1.73. The van der Waals surface area contributed by atoms with E-state index in [1.165, 1.54) is 20.3 Å². The predicted molar refractivity (Wildman–Crippen MR) is 103 cm³/mol. The molecule has 2 fully saturated rings. The van der Waals surface area contributed by atoms with Gasteiger partial charge in [0.25, 0.3) is 0 Å². The van der Waals surface area contributed by atoms with Crippen LogP contribution >= 0.6 is 0 Å². The van der Waals surface area contributed by atoms with Crippen LogP contribution in [0.5, 0.6) is 11.5 Å². The van der Waals surface area contributed by atoms with Crippen LogP contribution in [-0.2, 0) is 4.79 Å². The first-order chi connectivity index (χ1) is 13.5. The monoisotopic (exact) mass is 387 g/mol. The molecule has 2 aliphatic rings. The minimum absolute atomic E-state index is 0.0273. The van der Waals surface area contributed by atoms with Crippen molar-refractivity contribution in [2.24, 2.45) is 0 Å². The summed E-state index contributed by atoms with van der Waals surface area (Å²) >= 11 is 0. The number of nitrogens with two attached hydrogens (primary N) is 1. The molecular formula is C19H22FN5O3. The molecule has 2 bridgehead atoms. The normalized spacial score (nSPS) is 21.1. The Labute approximate surface area is 161 Å². The first-order valence-corrected chi connectivity index (χ1v) is 9.05. The molecule has 2 aromatic rings. The number of hydrogen-bond donors (Lipinski definition) is 1. The van der Waals surface area contributed by atoms with Crippen molar-refractivity contribution in [1.29, 1.82) is 0 Å². The topological polar surface area (TPSA) is 93.8 Å². The van der Waals surface area contributed by atoms with Gasteiger partial charge < -0.3 is 25.0 Å². The lowest BCUT2D eigenvalue weighted by atomic mass is 10.1. The Morgan fingerprint density at radius 1 is 1.29 bits per heavy atom. The molecule has 4 rings (SSSR count). The Hall–Kier alpha value is -3.10. The van der Waals surface area contributed by atoms with Crippen molar-refractivity contribution in [3.8, 4) is 11.5 Å². The molecule has 1 aromatic heterocycles. The standard InChI is InChI=1S/C19H22FN5O3/c1-4-14(26)25-10-5-6-11(25)9-24(8-10)19-22-16-12(18(21)23-19)7-13(27-2)17(28-3)15(16)20/h4,7,10-11H,1,5-6,8-9H2,2-3H3,(H2,21,22,23). The number of rotatable bonds is 4. The highest BCUT2D eigenvalue weighted by Crippen LogP contribution is 2.38. The lowest BCUT2D eigenvalue weighted by Crippen LogP contribution is -2.55. The van der Waals surface area contributed by atoms with E-state index in [0.717, 1.165) is 12.8 Å². The maximum atomic E-state index is 15.0. The molecule has 8 nitrogen and oxygen atoms in total. The van der Waals surface area contributed by atoms with E-state index in [1.54, 1.807) is 6.07 Å². The molecule has 0 aliphatic carbocycles.